The first-order valence-corrected chi connectivity index (χ1v) is 7.96. The maximum Gasteiger partial charge on any atom is 0.134 e. The van der Waals surface area contributed by atoms with E-state index >= 15 is 0 Å². The van der Waals surface area contributed by atoms with Gasteiger partial charge in [0.05, 0.1) is 6.04 Å². The molecule has 2 heterocycles. The molecule has 114 valence electrons. The maximum absolute atomic E-state index is 6.04. The van der Waals surface area contributed by atoms with Crippen LogP contribution in [0.15, 0.2) is 34.7 Å². The number of nitrogens with two attached hydrogens (primary N) is 1. The average Bonchev–Trinajstić information content (AvgIpc) is 2.93. The van der Waals surface area contributed by atoms with Crippen LogP contribution in [-0.2, 0) is 0 Å². The minimum atomic E-state index is 0.196. The third kappa shape index (κ3) is 3.12. The molecule has 1 aliphatic heterocycles. The van der Waals surface area contributed by atoms with Crippen LogP contribution in [0.3, 0.4) is 0 Å². The third-order valence-corrected chi connectivity index (χ3v) is 4.38. The van der Waals surface area contributed by atoms with E-state index in [4.69, 9.17) is 10.2 Å². The van der Waals surface area contributed by atoms with Crippen molar-refractivity contribution in [3.63, 3.8) is 0 Å². The number of para-hydroxylation sites is 1. The summed E-state index contributed by atoms with van der Waals surface area (Å²) in [5.74, 6) is 1.00. The first-order valence-electron chi connectivity index (χ1n) is 7.96. The Bertz CT molecular complexity index is 539. The lowest BCUT2D eigenvalue weighted by atomic mass is 10.1. The van der Waals surface area contributed by atoms with E-state index in [-0.39, 0.29) is 6.04 Å². The molecule has 0 amide bonds. The Hall–Kier alpha value is -1.36. The van der Waals surface area contributed by atoms with Crippen LogP contribution in [-0.4, -0.2) is 49.1 Å². The van der Waals surface area contributed by atoms with Crippen LogP contribution in [0.5, 0.6) is 0 Å². The molecule has 1 fully saturated rings. The second-order valence-electron chi connectivity index (χ2n) is 5.82. The smallest absolute Gasteiger partial charge is 0.134 e. The predicted octanol–water partition coefficient (Wildman–Crippen LogP) is 2.46. The summed E-state index contributed by atoms with van der Waals surface area (Å²) in [6, 6.07) is 10.5. The number of furan rings is 1. The molecule has 1 aromatic carbocycles. The molecule has 0 spiro atoms. The molecule has 1 aliphatic rings. The van der Waals surface area contributed by atoms with Gasteiger partial charge < -0.3 is 15.1 Å². The highest BCUT2D eigenvalue weighted by Crippen LogP contribution is 2.27. The van der Waals surface area contributed by atoms with Crippen LogP contribution >= 0.6 is 0 Å². The summed E-state index contributed by atoms with van der Waals surface area (Å²) in [7, 11) is 0. The van der Waals surface area contributed by atoms with Crippen LogP contribution < -0.4 is 5.73 Å². The predicted molar refractivity (Wildman–Crippen MR) is 86.3 cm³/mol. The van der Waals surface area contributed by atoms with E-state index in [9.17, 15) is 0 Å². The summed E-state index contributed by atoms with van der Waals surface area (Å²) in [4.78, 5) is 4.99. The summed E-state index contributed by atoms with van der Waals surface area (Å²) in [5.41, 5.74) is 6.99. The summed E-state index contributed by atoms with van der Waals surface area (Å²) in [6.07, 6.45) is 1.23. The molecule has 2 aromatic rings. The summed E-state index contributed by atoms with van der Waals surface area (Å²) < 4.78 is 6.01. The van der Waals surface area contributed by atoms with E-state index in [2.05, 4.69) is 28.9 Å². The van der Waals surface area contributed by atoms with Crippen LogP contribution in [0.2, 0.25) is 0 Å². The Labute approximate surface area is 126 Å². The Morgan fingerprint density at radius 2 is 1.95 bits per heavy atom. The molecular formula is C17H25N3O. The van der Waals surface area contributed by atoms with Gasteiger partial charge in [-0.1, -0.05) is 25.1 Å². The van der Waals surface area contributed by atoms with Gasteiger partial charge in [-0.3, -0.25) is 4.90 Å². The minimum absolute atomic E-state index is 0.196. The van der Waals surface area contributed by atoms with Gasteiger partial charge in [0.1, 0.15) is 11.3 Å². The molecule has 2 N–H and O–H groups in total. The number of nitrogens with zero attached hydrogens (tertiary/aromatic N) is 2. The number of hydrogen-bond donors (Lipinski definition) is 1. The van der Waals surface area contributed by atoms with E-state index in [1.54, 1.807) is 0 Å². The lowest BCUT2D eigenvalue weighted by molar-refractivity contribution is 0.0903. The van der Waals surface area contributed by atoms with Crippen molar-refractivity contribution < 1.29 is 4.42 Å². The van der Waals surface area contributed by atoms with Crippen LogP contribution in [0.25, 0.3) is 11.0 Å². The summed E-state index contributed by atoms with van der Waals surface area (Å²) >= 11 is 0. The molecule has 0 bridgehead atoms. The van der Waals surface area contributed by atoms with Crippen LogP contribution in [0.1, 0.15) is 25.1 Å². The Balaban J connectivity index is 1.73. The van der Waals surface area contributed by atoms with Gasteiger partial charge in [-0.05, 0) is 25.1 Å². The highest BCUT2D eigenvalue weighted by atomic mass is 16.3. The topological polar surface area (TPSA) is 45.6 Å². The standard InChI is InChI=1S/C17H25N3O/c1-2-7-19-8-10-20(11-9-19)15(13-18)17-12-14-5-3-4-6-16(14)21-17/h3-6,12,15H,2,7-11,13,18H2,1H3. The molecule has 21 heavy (non-hydrogen) atoms. The molecule has 0 saturated carbocycles. The zero-order valence-electron chi connectivity index (χ0n) is 12.8. The summed E-state index contributed by atoms with van der Waals surface area (Å²) in [5, 5.41) is 1.16. The number of piperazine rings is 1. The lowest BCUT2D eigenvalue weighted by Gasteiger charge is -2.38. The van der Waals surface area contributed by atoms with Gasteiger partial charge in [0.15, 0.2) is 0 Å². The molecule has 4 heteroatoms. The monoisotopic (exact) mass is 287 g/mol. The van der Waals surface area contributed by atoms with E-state index in [1.165, 1.54) is 13.0 Å². The van der Waals surface area contributed by atoms with Crippen molar-refractivity contribution in [3.8, 4) is 0 Å². The van der Waals surface area contributed by atoms with Crippen molar-refractivity contribution in [2.75, 3.05) is 39.3 Å². The van der Waals surface area contributed by atoms with Gasteiger partial charge in [0, 0.05) is 38.1 Å². The largest absolute Gasteiger partial charge is 0.459 e. The Morgan fingerprint density at radius 3 is 2.62 bits per heavy atom. The van der Waals surface area contributed by atoms with Crippen LogP contribution in [0, 0.1) is 0 Å². The maximum atomic E-state index is 6.04. The van der Waals surface area contributed by atoms with Gasteiger partial charge >= 0.3 is 0 Å². The normalized spacial score (nSPS) is 19.1. The van der Waals surface area contributed by atoms with Gasteiger partial charge in [-0.15, -0.1) is 0 Å². The second-order valence-corrected chi connectivity index (χ2v) is 5.82. The van der Waals surface area contributed by atoms with Crippen molar-refractivity contribution >= 4 is 11.0 Å². The zero-order valence-corrected chi connectivity index (χ0v) is 12.8. The zero-order chi connectivity index (χ0) is 14.7. The van der Waals surface area contributed by atoms with Gasteiger partial charge in [-0.2, -0.15) is 0 Å². The minimum Gasteiger partial charge on any atom is -0.459 e. The lowest BCUT2D eigenvalue weighted by Crippen LogP contribution is -2.49. The van der Waals surface area contributed by atoms with Crippen molar-refractivity contribution in [2.24, 2.45) is 5.73 Å². The molecule has 0 radical (unpaired) electrons. The Morgan fingerprint density at radius 1 is 1.19 bits per heavy atom. The van der Waals surface area contributed by atoms with E-state index in [0.29, 0.717) is 6.54 Å². The number of hydrogen-bond acceptors (Lipinski definition) is 4. The van der Waals surface area contributed by atoms with Crippen LogP contribution in [0.4, 0.5) is 0 Å². The van der Waals surface area contributed by atoms with Crippen molar-refractivity contribution in [2.45, 2.75) is 19.4 Å². The summed E-state index contributed by atoms with van der Waals surface area (Å²) in [6.45, 7) is 8.44. The van der Waals surface area contributed by atoms with E-state index < -0.39 is 0 Å². The molecule has 1 unspecified atom stereocenters. The number of fused-ring (bicyclic) bond motifs is 1. The molecule has 1 saturated heterocycles. The van der Waals surface area contributed by atoms with Gasteiger partial charge in [0.2, 0.25) is 0 Å². The fraction of sp³-hybridized carbons (Fsp3) is 0.529. The van der Waals surface area contributed by atoms with E-state index in [0.717, 1.165) is 42.9 Å². The highest BCUT2D eigenvalue weighted by Gasteiger charge is 2.26. The fourth-order valence-corrected chi connectivity index (χ4v) is 3.23. The molecule has 3 rings (SSSR count). The molecule has 4 nitrogen and oxygen atoms in total. The Kier molecular flexibility index (Phi) is 4.58. The fourth-order valence-electron chi connectivity index (χ4n) is 3.23. The number of rotatable bonds is 5. The third-order valence-electron chi connectivity index (χ3n) is 4.38. The number of benzene rings is 1. The average molecular weight is 287 g/mol. The molecule has 1 atom stereocenters. The molecule has 0 aliphatic carbocycles. The highest BCUT2D eigenvalue weighted by molar-refractivity contribution is 5.77. The SMILES string of the molecule is CCCN1CCN(C(CN)c2cc3ccccc3o2)CC1. The van der Waals surface area contributed by atoms with Gasteiger partial charge in [-0.25, -0.2) is 0 Å². The van der Waals surface area contributed by atoms with Crippen molar-refractivity contribution in [1.29, 1.82) is 0 Å². The molecular weight excluding hydrogens is 262 g/mol. The van der Waals surface area contributed by atoms with Crippen molar-refractivity contribution in [3.05, 3.63) is 36.1 Å². The van der Waals surface area contributed by atoms with Gasteiger partial charge in [0.25, 0.3) is 0 Å². The quantitative estimate of drug-likeness (QED) is 0.917. The first kappa shape index (κ1) is 14.6. The molecule has 1 aromatic heterocycles. The van der Waals surface area contributed by atoms with E-state index in [1.807, 2.05) is 18.2 Å². The first-order chi connectivity index (χ1) is 10.3. The second kappa shape index (κ2) is 6.60. The van der Waals surface area contributed by atoms with Crippen molar-refractivity contribution in [1.82, 2.24) is 9.80 Å².